The first kappa shape index (κ1) is 12.3. The Hall–Kier alpha value is 0.310. The van der Waals surface area contributed by atoms with Gasteiger partial charge in [-0.2, -0.15) is 12.6 Å². The maximum Gasteiger partial charge on any atom is 0.00385 e. The second-order valence-electron chi connectivity index (χ2n) is 3.56. The van der Waals surface area contributed by atoms with Gasteiger partial charge in [-0.3, -0.25) is 0 Å². The number of unbranched alkanes of at least 4 members (excludes halogenated alkanes) is 1. The number of hydrogen-bond donors (Lipinski definition) is 1. The fraction of sp³-hybridized carbons (Fsp3) is 1.00. The van der Waals surface area contributed by atoms with Crippen molar-refractivity contribution < 1.29 is 0 Å². The zero-order valence-electron chi connectivity index (χ0n) is 8.71. The lowest BCUT2D eigenvalue weighted by Crippen LogP contribution is -2.32. The highest BCUT2D eigenvalue weighted by molar-refractivity contribution is 7.80. The molecule has 0 radical (unpaired) electrons. The van der Waals surface area contributed by atoms with Crippen molar-refractivity contribution >= 4 is 12.6 Å². The normalized spacial score (nSPS) is 11.5. The predicted octanol–water partition coefficient (Wildman–Crippen LogP) is 2.82. The molecule has 0 aliphatic rings. The summed E-state index contributed by atoms with van der Waals surface area (Å²) in [7, 11) is 0. The second-order valence-corrected chi connectivity index (χ2v) is 4.01. The average molecular weight is 189 g/mol. The fourth-order valence-corrected chi connectivity index (χ4v) is 1.57. The quantitative estimate of drug-likeness (QED) is 0.476. The molecule has 0 saturated carbocycles. The van der Waals surface area contributed by atoms with Gasteiger partial charge in [0.25, 0.3) is 0 Å². The minimum absolute atomic E-state index is 0.699. The second kappa shape index (κ2) is 7.93. The van der Waals surface area contributed by atoms with Crippen molar-refractivity contribution in [1.82, 2.24) is 4.90 Å². The Bertz CT molecular complexity index is 93.8. The summed E-state index contributed by atoms with van der Waals surface area (Å²) in [5.41, 5.74) is 0. The lowest BCUT2D eigenvalue weighted by atomic mass is 10.2. The first-order chi connectivity index (χ1) is 5.72. The van der Waals surface area contributed by atoms with Crippen LogP contribution in [-0.2, 0) is 0 Å². The van der Waals surface area contributed by atoms with Crippen LogP contribution in [0.4, 0.5) is 0 Å². The van der Waals surface area contributed by atoms with Crippen molar-refractivity contribution in [2.24, 2.45) is 0 Å². The molecule has 0 saturated heterocycles. The van der Waals surface area contributed by atoms with Gasteiger partial charge in [-0.1, -0.05) is 6.92 Å². The molecule has 0 aliphatic heterocycles. The van der Waals surface area contributed by atoms with Crippen LogP contribution < -0.4 is 0 Å². The minimum atomic E-state index is 0.699. The van der Waals surface area contributed by atoms with Crippen molar-refractivity contribution in [3.8, 4) is 0 Å². The van der Waals surface area contributed by atoms with E-state index < -0.39 is 0 Å². The van der Waals surface area contributed by atoms with E-state index in [1.807, 2.05) is 0 Å². The van der Waals surface area contributed by atoms with Crippen molar-refractivity contribution in [1.29, 1.82) is 0 Å². The summed E-state index contributed by atoms with van der Waals surface area (Å²) in [4.78, 5) is 2.55. The number of hydrogen-bond acceptors (Lipinski definition) is 2. The van der Waals surface area contributed by atoms with Crippen LogP contribution in [0.5, 0.6) is 0 Å². The zero-order valence-corrected chi connectivity index (χ0v) is 9.61. The maximum atomic E-state index is 4.21. The molecule has 0 unspecified atom stereocenters. The van der Waals surface area contributed by atoms with Crippen molar-refractivity contribution in [3.63, 3.8) is 0 Å². The summed E-state index contributed by atoms with van der Waals surface area (Å²) in [6.45, 7) is 9.27. The monoisotopic (exact) mass is 189 g/mol. The smallest absolute Gasteiger partial charge is 0.00385 e. The van der Waals surface area contributed by atoms with Gasteiger partial charge in [-0.05, 0) is 52.0 Å². The molecule has 0 bridgehead atoms. The third kappa shape index (κ3) is 5.90. The van der Waals surface area contributed by atoms with E-state index >= 15 is 0 Å². The highest BCUT2D eigenvalue weighted by Gasteiger charge is 2.06. The van der Waals surface area contributed by atoms with Gasteiger partial charge >= 0.3 is 0 Å². The molecule has 0 amide bonds. The Morgan fingerprint density at radius 2 is 1.83 bits per heavy atom. The molecule has 74 valence electrons. The molecular weight excluding hydrogens is 166 g/mol. The summed E-state index contributed by atoms with van der Waals surface area (Å²) >= 11 is 4.21. The van der Waals surface area contributed by atoms with Gasteiger partial charge in [0.05, 0.1) is 0 Å². The molecule has 0 spiro atoms. The van der Waals surface area contributed by atoms with Crippen LogP contribution >= 0.6 is 12.6 Å². The summed E-state index contributed by atoms with van der Waals surface area (Å²) in [6, 6.07) is 0.699. The number of thiol groups is 1. The van der Waals surface area contributed by atoms with Crippen LogP contribution in [0.3, 0.4) is 0 Å². The average Bonchev–Trinajstić information content (AvgIpc) is 2.03. The summed E-state index contributed by atoms with van der Waals surface area (Å²) < 4.78 is 0. The molecule has 0 aliphatic carbocycles. The predicted molar refractivity (Wildman–Crippen MR) is 60.1 cm³/mol. The Morgan fingerprint density at radius 3 is 2.25 bits per heavy atom. The van der Waals surface area contributed by atoms with Gasteiger partial charge in [0, 0.05) is 6.04 Å². The standard InChI is InChI=1S/C10H23NS/c1-4-7-11(10(2)3)8-5-6-9-12/h10,12H,4-9H2,1-3H3. The molecule has 0 fully saturated rings. The molecule has 0 heterocycles. The Kier molecular flexibility index (Phi) is 8.14. The summed E-state index contributed by atoms with van der Waals surface area (Å²) in [6.07, 6.45) is 3.80. The molecule has 2 heteroatoms. The van der Waals surface area contributed by atoms with Crippen LogP contribution in [0, 0.1) is 0 Å². The van der Waals surface area contributed by atoms with Gasteiger partial charge < -0.3 is 4.90 Å². The lowest BCUT2D eigenvalue weighted by Gasteiger charge is -2.25. The van der Waals surface area contributed by atoms with E-state index in [0.29, 0.717) is 6.04 Å². The third-order valence-electron chi connectivity index (χ3n) is 2.09. The first-order valence-electron chi connectivity index (χ1n) is 5.07. The topological polar surface area (TPSA) is 3.24 Å². The van der Waals surface area contributed by atoms with Crippen molar-refractivity contribution in [2.75, 3.05) is 18.8 Å². The van der Waals surface area contributed by atoms with Crippen LogP contribution in [0.1, 0.15) is 40.0 Å². The van der Waals surface area contributed by atoms with Crippen molar-refractivity contribution in [2.45, 2.75) is 46.1 Å². The molecular formula is C10H23NS. The zero-order chi connectivity index (χ0) is 9.40. The maximum absolute atomic E-state index is 4.21. The molecule has 0 aromatic heterocycles. The van der Waals surface area contributed by atoms with E-state index in [2.05, 4.69) is 38.3 Å². The summed E-state index contributed by atoms with van der Waals surface area (Å²) in [5.74, 6) is 1.03. The fourth-order valence-electron chi connectivity index (χ4n) is 1.34. The van der Waals surface area contributed by atoms with E-state index in [4.69, 9.17) is 0 Å². The lowest BCUT2D eigenvalue weighted by molar-refractivity contribution is 0.219. The van der Waals surface area contributed by atoms with Gasteiger partial charge in [0.2, 0.25) is 0 Å². The van der Waals surface area contributed by atoms with Gasteiger partial charge in [-0.15, -0.1) is 0 Å². The van der Waals surface area contributed by atoms with Gasteiger partial charge in [0.1, 0.15) is 0 Å². The van der Waals surface area contributed by atoms with E-state index in [-0.39, 0.29) is 0 Å². The number of rotatable bonds is 7. The molecule has 0 N–H and O–H groups in total. The SMILES string of the molecule is CCCN(CCCCS)C(C)C. The first-order valence-corrected chi connectivity index (χ1v) is 5.70. The Labute approximate surface area is 82.9 Å². The van der Waals surface area contributed by atoms with E-state index in [1.54, 1.807) is 0 Å². The minimum Gasteiger partial charge on any atom is -0.301 e. The van der Waals surface area contributed by atoms with E-state index in [1.165, 1.54) is 32.4 Å². The third-order valence-corrected chi connectivity index (χ3v) is 2.41. The van der Waals surface area contributed by atoms with Crippen LogP contribution in [-0.4, -0.2) is 29.8 Å². The van der Waals surface area contributed by atoms with Crippen molar-refractivity contribution in [3.05, 3.63) is 0 Å². The molecule has 0 aromatic rings. The Balaban J connectivity index is 3.49. The molecule has 0 rings (SSSR count). The van der Waals surface area contributed by atoms with E-state index in [0.717, 1.165) is 5.75 Å². The number of nitrogens with zero attached hydrogens (tertiary/aromatic N) is 1. The van der Waals surface area contributed by atoms with Gasteiger partial charge in [-0.25, -0.2) is 0 Å². The van der Waals surface area contributed by atoms with Gasteiger partial charge in [0.15, 0.2) is 0 Å². The highest BCUT2D eigenvalue weighted by atomic mass is 32.1. The molecule has 1 nitrogen and oxygen atoms in total. The molecule has 0 atom stereocenters. The summed E-state index contributed by atoms with van der Waals surface area (Å²) in [5, 5.41) is 0. The highest BCUT2D eigenvalue weighted by Crippen LogP contribution is 2.03. The Morgan fingerprint density at radius 1 is 1.17 bits per heavy atom. The van der Waals surface area contributed by atoms with E-state index in [9.17, 15) is 0 Å². The van der Waals surface area contributed by atoms with Crippen LogP contribution in [0.25, 0.3) is 0 Å². The largest absolute Gasteiger partial charge is 0.301 e. The molecule has 12 heavy (non-hydrogen) atoms. The van der Waals surface area contributed by atoms with Crippen LogP contribution in [0.2, 0.25) is 0 Å². The molecule has 0 aromatic carbocycles. The van der Waals surface area contributed by atoms with Crippen LogP contribution in [0.15, 0.2) is 0 Å².